The maximum Gasteiger partial charge on any atom is 0.407 e. The summed E-state index contributed by atoms with van der Waals surface area (Å²) >= 11 is 3.38. The molecule has 3 aromatic rings. The van der Waals surface area contributed by atoms with Gasteiger partial charge in [0.2, 0.25) is 0 Å². The summed E-state index contributed by atoms with van der Waals surface area (Å²) in [5, 5.41) is 18.2. The van der Waals surface area contributed by atoms with E-state index in [2.05, 4.69) is 31.5 Å². The maximum atomic E-state index is 13.3. The monoisotopic (exact) mass is 579 g/mol. The van der Waals surface area contributed by atoms with E-state index < -0.39 is 26.6 Å². The minimum absolute atomic E-state index is 0.0558. The average molecular weight is 580 g/mol. The number of halogens is 1. The average Bonchev–Trinajstić information content (AvgIpc) is 3.37. The SMILES string of the molecule is CC(C)(C)OC(=O)N[C@@H]1CC[C@@H](Nc2c([N+](=O)[O-])cnc3c2c(Br)cn3S(=O)(=O)c2ccccc2)C1. The van der Waals surface area contributed by atoms with Gasteiger partial charge in [0.05, 0.1) is 15.2 Å². The van der Waals surface area contributed by atoms with Gasteiger partial charge in [0, 0.05) is 22.8 Å². The van der Waals surface area contributed by atoms with Crippen LogP contribution in [-0.2, 0) is 14.8 Å². The molecule has 0 unspecified atom stereocenters. The van der Waals surface area contributed by atoms with Gasteiger partial charge in [-0.2, -0.15) is 0 Å². The van der Waals surface area contributed by atoms with Gasteiger partial charge in [0.25, 0.3) is 10.0 Å². The summed E-state index contributed by atoms with van der Waals surface area (Å²) in [5.41, 5.74) is -0.674. The van der Waals surface area contributed by atoms with Crippen LogP contribution in [0.25, 0.3) is 11.0 Å². The Labute approximate surface area is 216 Å². The Kier molecular flexibility index (Phi) is 6.97. The first-order valence-electron chi connectivity index (χ1n) is 11.3. The summed E-state index contributed by atoms with van der Waals surface area (Å²) in [6.45, 7) is 5.34. The fourth-order valence-electron chi connectivity index (χ4n) is 4.21. The van der Waals surface area contributed by atoms with Gasteiger partial charge in [0.1, 0.15) is 17.5 Å². The van der Waals surface area contributed by atoms with E-state index in [-0.39, 0.29) is 39.4 Å². The first-order valence-corrected chi connectivity index (χ1v) is 13.5. The Morgan fingerprint density at radius 1 is 1.22 bits per heavy atom. The fourth-order valence-corrected chi connectivity index (χ4v) is 6.26. The number of aromatic nitrogens is 2. The number of amides is 1. The number of hydrogen-bond donors (Lipinski definition) is 2. The van der Waals surface area contributed by atoms with Gasteiger partial charge >= 0.3 is 11.8 Å². The van der Waals surface area contributed by atoms with Crippen molar-refractivity contribution in [3.05, 3.63) is 57.3 Å². The van der Waals surface area contributed by atoms with Crippen LogP contribution in [0.1, 0.15) is 40.0 Å². The molecule has 1 amide bonds. The molecule has 192 valence electrons. The van der Waals surface area contributed by atoms with Crippen molar-refractivity contribution < 1.29 is 22.9 Å². The summed E-state index contributed by atoms with van der Waals surface area (Å²) < 4.78 is 33.2. The number of alkyl carbamates (subject to hydrolysis) is 1. The van der Waals surface area contributed by atoms with Crippen LogP contribution in [-0.4, -0.2) is 46.1 Å². The smallest absolute Gasteiger partial charge is 0.407 e. The van der Waals surface area contributed by atoms with Gasteiger partial charge in [-0.25, -0.2) is 22.2 Å². The minimum atomic E-state index is -3.99. The highest BCUT2D eigenvalue weighted by Crippen LogP contribution is 2.40. The lowest BCUT2D eigenvalue weighted by atomic mass is 10.2. The molecule has 1 aliphatic rings. The third kappa shape index (κ3) is 5.31. The number of pyridine rings is 1. The molecule has 2 aromatic heterocycles. The highest BCUT2D eigenvalue weighted by Gasteiger charge is 2.32. The lowest BCUT2D eigenvalue weighted by Crippen LogP contribution is -2.38. The molecule has 13 heteroatoms. The molecule has 2 atom stereocenters. The van der Waals surface area contributed by atoms with Crippen molar-refractivity contribution in [2.24, 2.45) is 0 Å². The highest BCUT2D eigenvalue weighted by molar-refractivity contribution is 9.10. The largest absolute Gasteiger partial charge is 0.444 e. The zero-order chi connectivity index (χ0) is 26.3. The van der Waals surface area contributed by atoms with Crippen molar-refractivity contribution in [2.75, 3.05) is 5.32 Å². The Morgan fingerprint density at radius 3 is 2.53 bits per heavy atom. The molecule has 0 saturated heterocycles. The topological polar surface area (TPSA) is 145 Å². The second-order valence-electron chi connectivity index (χ2n) is 9.56. The van der Waals surface area contributed by atoms with Gasteiger partial charge in [-0.15, -0.1) is 0 Å². The second kappa shape index (κ2) is 9.69. The molecule has 1 aromatic carbocycles. The van der Waals surface area contributed by atoms with E-state index in [4.69, 9.17) is 4.74 Å². The van der Waals surface area contributed by atoms with Crippen LogP contribution in [0.2, 0.25) is 0 Å². The Morgan fingerprint density at radius 2 is 1.89 bits per heavy atom. The van der Waals surface area contributed by atoms with E-state index in [1.807, 2.05) is 0 Å². The number of nitrogens with zero attached hydrogens (tertiary/aromatic N) is 3. The summed E-state index contributed by atoms with van der Waals surface area (Å²) in [6.07, 6.45) is 3.69. The van der Waals surface area contributed by atoms with Crippen molar-refractivity contribution in [3.63, 3.8) is 0 Å². The Balaban J connectivity index is 1.66. The molecule has 0 aliphatic heterocycles. The predicted molar refractivity (Wildman–Crippen MR) is 138 cm³/mol. The van der Waals surface area contributed by atoms with E-state index in [1.54, 1.807) is 39.0 Å². The van der Waals surface area contributed by atoms with Crippen LogP contribution >= 0.6 is 15.9 Å². The maximum absolute atomic E-state index is 13.3. The molecule has 4 rings (SSSR count). The lowest BCUT2D eigenvalue weighted by Gasteiger charge is -2.22. The summed E-state index contributed by atoms with van der Waals surface area (Å²) in [5.74, 6) is 0. The molecule has 1 aliphatic carbocycles. The standard InChI is InChI=1S/C23H26BrN5O6S/c1-23(2,3)35-22(30)27-15-10-9-14(11-15)26-20-18(29(31)32)12-25-21-19(20)17(24)13-28(21)36(33,34)16-7-5-4-6-8-16/h4-8,12-15H,9-11H2,1-3H3,(H,25,26)(H,27,30)/t14-,15-/m1/s1. The van der Waals surface area contributed by atoms with Crippen LogP contribution in [0.5, 0.6) is 0 Å². The molecule has 2 heterocycles. The van der Waals surface area contributed by atoms with Gasteiger partial charge < -0.3 is 15.4 Å². The molecule has 2 N–H and O–H groups in total. The van der Waals surface area contributed by atoms with Crippen molar-refractivity contribution >= 4 is 54.5 Å². The van der Waals surface area contributed by atoms with E-state index in [1.165, 1.54) is 18.3 Å². The Hall–Kier alpha value is -3.19. The third-order valence-corrected chi connectivity index (χ3v) is 7.98. The number of fused-ring (bicyclic) bond motifs is 1. The van der Waals surface area contributed by atoms with E-state index in [9.17, 15) is 23.3 Å². The first-order chi connectivity index (χ1) is 16.9. The number of carbonyl (C=O) groups is 1. The lowest BCUT2D eigenvalue weighted by molar-refractivity contribution is -0.384. The zero-order valence-corrected chi connectivity index (χ0v) is 22.3. The van der Waals surface area contributed by atoms with Crippen LogP contribution in [0, 0.1) is 10.1 Å². The van der Waals surface area contributed by atoms with Crippen molar-refractivity contribution in [3.8, 4) is 0 Å². The number of carbonyl (C=O) groups excluding carboxylic acids is 1. The van der Waals surface area contributed by atoms with Gasteiger partial charge in [-0.05, 0) is 68.1 Å². The number of hydrogen-bond acceptors (Lipinski definition) is 8. The van der Waals surface area contributed by atoms with Gasteiger partial charge in [0.15, 0.2) is 5.65 Å². The summed E-state index contributed by atoms with van der Waals surface area (Å²) in [7, 11) is -3.99. The van der Waals surface area contributed by atoms with E-state index in [0.29, 0.717) is 23.7 Å². The van der Waals surface area contributed by atoms with Gasteiger partial charge in [-0.1, -0.05) is 18.2 Å². The van der Waals surface area contributed by atoms with Crippen molar-refractivity contribution in [1.29, 1.82) is 0 Å². The van der Waals surface area contributed by atoms with Crippen LogP contribution in [0.15, 0.2) is 52.1 Å². The predicted octanol–water partition coefficient (Wildman–Crippen LogP) is 4.80. The first kappa shape index (κ1) is 25.9. The number of nitrogens with one attached hydrogen (secondary N) is 2. The molecule has 36 heavy (non-hydrogen) atoms. The molecule has 0 radical (unpaired) electrons. The normalized spacial score (nSPS) is 18.2. The zero-order valence-electron chi connectivity index (χ0n) is 19.9. The van der Waals surface area contributed by atoms with Crippen LogP contribution < -0.4 is 10.6 Å². The third-order valence-electron chi connectivity index (χ3n) is 5.72. The minimum Gasteiger partial charge on any atom is -0.444 e. The Bertz CT molecular complexity index is 1420. The van der Waals surface area contributed by atoms with Crippen LogP contribution in [0.3, 0.4) is 0 Å². The quantitative estimate of drug-likeness (QED) is 0.312. The fraction of sp³-hybridized carbons (Fsp3) is 0.391. The second-order valence-corrected chi connectivity index (χ2v) is 12.2. The molecule has 0 spiro atoms. The van der Waals surface area contributed by atoms with Crippen LogP contribution in [0.4, 0.5) is 16.2 Å². The van der Waals surface area contributed by atoms with Gasteiger partial charge in [-0.3, -0.25) is 10.1 Å². The van der Waals surface area contributed by atoms with E-state index in [0.717, 1.165) is 10.2 Å². The number of rotatable bonds is 6. The number of anilines is 1. The molecular weight excluding hydrogens is 554 g/mol. The van der Waals surface area contributed by atoms with Crippen molar-refractivity contribution in [2.45, 2.75) is 62.6 Å². The molecule has 0 bridgehead atoms. The molecule has 1 saturated carbocycles. The van der Waals surface area contributed by atoms with Crippen molar-refractivity contribution in [1.82, 2.24) is 14.3 Å². The number of nitro groups is 1. The number of benzene rings is 1. The summed E-state index contributed by atoms with van der Waals surface area (Å²) in [6, 6.07) is 7.50. The molecule has 1 fully saturated rings. The molecule has 11 nitrogen and oxygen atoms in total. The molecular formula is C23H26BrN5O6S. The highest BCUT2D eigenvalue weighted by atomic mass is 79.9. The van der Waals surface area contributed by atoms with E-state index >= 15 is 0 Å². The summed E-state index contributed by atoms with van der Waals surface area (Å²) in [4.78, 5) is 27.6. The number of ether oxygens (including phenoxy) is 1.